The molecule has 0 aliphatic carbocycles. The van der Waals surface area contributed by atoms with E-state index in [1.54, 1.807) is 0 Å². The number of nitrogens with zero attached hydrogens (tertiary/aromatic N) is 1. The van der Waals surface area contributed by atoms with Gasteiger partial charge in [-0.1, -0.05) is 24.3 Å². The molecule has 0 aliphatic heterocycles. The van der Waals surface area contributed by atoms with Gasteiger partial charge in [-0.05, 0) is 30.9 Å². The molecule has 1 heterocycles. The van der Waals surface area contributed by atoms with E-state index >= 15 is 0 Å². The number of hydrogen-bond acceptors (Lipinski definition) is 2. The highest BCUT2D eigenvalue weighted by molar-refractivity contribution is 6.17. The Hall–Kier alpha value is -1.28. The number of aromatic nitrogens is 1. The fourth-order valence-electron chi connectivity index (χ4n) is 1.95. The highest BCUT2D eigenvalue weighted by Gasteiger charge is 2.05. The molecule has 1 aromatic heterocycles. The molecule has 0 fully saturated rings. The van der Waals surface area contributed by atoms with Gasteiger partial charge in [0.15, 0.2) is 5.89 Å². The van der Waals surface area contributed by atoms with Crippen LogP contribution in [-0.2, 0) is 19.3 Å². The summed E-state index contributed by atoms with van der Waals surface area (Å²) >= 11 is 5.65. The average molecular weight is 264 g/mol. The number of oxazole rings is 1. The minimum atomic E-state index is 0.654. The molecule has 96 valence electrons. The summed E-state index contributed by atoms with van der Waals surface area (Å²) in [5.74, 6) is 2.42. The van der Waals surface area contributed by atoms with Gasteiger partial charge in [-0.2, -0.15) is 0 Å². The zero-order valence-electron chi connectivity index (χ0n) is 10.7. The lowest BCUT2D eigenvalue weighted by Gasteiger charge is -2.03. The molecule has 0 unspecified atom stereocenters. The normalized spacial score (nSPS) is 10.8. The number of benzene rings is 1. The summed E-state index contributed by atoms with van der Waals surface area (Å²) in [4.78, 5) is 4.26. The van der Waals surface area contributed by atoms with Gasteiger partial charge in [-0.25, -0.2) is 4.98 Å². The molecule has 0 radical (unpaired) electrons. The van der Waals surface area contributed by atoms with Crippen LogP contribution < -0.4 is 0 Å². The Kier molecular flexibility index (Phi) is 4.82. The Morgan fingerprint density at radius 1 is 1.17 bits per heavy atom. The first-order valence-electron chi connectivity index (χ1n) is 6.33. The van der Waals surface area contributed by atoms with Crippen molar-refractivity contribution in [2.75, 3.05) is 5.88 Å². The second kappa shape index (κ2) is 6.60. The molecular formula is C15H18ClNO. The summed E-state index contributed by atoms with van der Waals surface area (Å²) in [5, 5.41) is 0. The van der Waals surface area contributed by atoms with E-state index in [1.165, 1.54) is 11.1 Å². The SMILES string of the molecule is Cc1ccccc1CCc1cnc(CCCCl)o1. The molecule has 0 atom stereocenters. The Bertz CT molecular complexity index is 493. The third-order valence-electron chi connectivity index (χ3n) is 3.03. The Balaban J connectivity index is 1.90. The summed E-state index contributed by atoms with van der Waals surface area (Å²) in [5.41, 5.74) is 2.70. The standard InChI is InChI=1S/C15H18ClNO/c1-12-5-2-3-6-13(12)8-9-14-11-17-15(18-14)7-4-10-16/h2-3,5-6,11H,4,7-10H2,1H3. The van der Waals surface area contributed by atoms with Crippen molar-refractivity contribution in [3.63, 3.8) is 0 Å². The van der Waals surface area contributed by atoms with Crippen molar-refractivity contribution in [3.05, 3.63) is 53.2 Å². The predicted octanol–water partition coefficient (Wildman–Crippen LogP) is 3.94. The van der Waals surface area contributed by atoms with Gasteiger partial charge in [-0.3, -0.25) is 0 Å². The van der Waals surface area contributed by atoms with E-state index in [0.717, 1.165) is 37.3 Å². The van der Waals surface area contributed by atoms with Crippen LogP contribution in [-0.4, -0.2) is 10.9 Å². The van der Waals surface area contributed by atoms with Crippen LogP contribution >= 0.6 is 11.6 Å². The molecule has 3 heteroatoms. The van der Waals surface area contributed by atoms with Gasteiger partial charge in [0, 0.05) is 18.7 Å². The Labute approximate surface area is 113 Å². The first-order valence-corrected chi connectivity index (χ1v) is 6.87. The molecule has 0 N–H and O–H groups in total. The fourth-order valence-corrected chi connectivity index (χ4v) is 2.08. The van der Waals surface area contributed by atoms with Gasteiger partial charge >= 0.3 is 0 Å². The van der Waals surface area contributed by atoms with Crippen LogP contribution in [0.1, 0.15) is 29.2 Å². The second-order valence-electron chi connectivity index (χ2n) is 4.44. The minimum Gasteiger partial charge on any atom is -0.446 e. The molecule has 2 rings (SSSR count). The van der Waals surface area contributed by atoms with E-state index in [2.05, 4.69) is 36.2 Å². The second-order valence-corrected chi connectivity index (χ2v) is 4.82. The summed E-state index contributed by atoms with van der Waals surface area (Å²) in [6.45, 7) is 2.14. The smallest absolute Gasteiger partial charge is 0.194 e. The van der Waals surface area contributed by atoms with E-state index in [1.807, 2.05) is 6.20 Å². The molecule has 2 aromatic rings. The molecule has 0 bridgehead atoms. The first-order chi connectivity index (χ1) is 8.79. The van der Waals surface area contributed by atoms with E-state index in [0.29, 0.717) is 5.88 Å². The third-order valence-corrected chi connectivity index (χ3v) is 3.29. The monoisotopic (exact) mass is 263 g/mol. The van der Waals surface area contributed by atoms with Crippen LogP contribution in [0.4, 0.5) is 0 Å². The summed E-state index contributed by atoms with van der Waals surface area (Å²) in [6.07, 6.45) is 5.48. The van der Waals surface area contributed by atoms with Gasteiger partial charge in [0.2, 0.25) is 0 Å². The molecule has 1 aromatic carbocycles. The van der Waals surface area contributed by atoms with E-state index in [4.69, 9.17) is 16.0 Å². The zero-order valence-corrected chi connectivity index (χ0v) is 11.4. The third kappa shape index (κ3) is 3.61. The maximum Gasteiger partial charge on any atom is 0.194 e. The lowest BCUT2D eigenvalue weighted by molar-refractivity contribution is 0.452. The molecular weight excluding hydrogens is 246 g/mol. The quantitative estimate of drug-likeness (QED) is 0.738. The Morgan fingerprint density at radius 3 is 2.78 bits per heavy atom. The van der Waals surface area contributed by atoms with Crippen LogP contribution in [0.5, 0.6) is 0 Å². The molecule has 0 amide bonds. The van der Waals surface area contributed by atoms with E-state index < -0.39 is 0 Å². The fraction of sp³-hybridized carbons (Fsp3) is 0.400. The zero-order chi connectivity index (χ0) is 12.8. The average Bonchev–Trinajstić information content (AvgIpc) is 2.83. The van der Waals surface area contributed by atoms with Gasteiger partial charge in [0.25, 0.3) is 0 Å². The number of halogens is 1. The van der Waals surface area contributed by atoms with Crippen LogP contribution in [0, 0.1) is 6.92 Å². The maximum absolute atomic E-state index is 5.68. The van der Waals surface area contributed by atoms with Crippen molar-refractivity contribution >= 4 is 11.6 Å². The van der Waals surface area contributed by atoms with Crippen LogP contribution in [0.3, 0.4) is 0 Å². The minimum absolute atomic E-state index is 0.654. The van der Waals surface area contributed by atoms with Crippen molar-refractivity contribution in [1.29, 1.82) is 0 Å². The van der Waals surface area contributed by atoms with Gasteiger partial charge in [0.1, 0.15) is 5.76 Å². The largest absolute Gasteiger partial charge is 0.446 e. The van der Waals surface area contributed by atoms with E-state index in [9.17, 15) is 0 Å². The van der Waals surface area contributed by atoms with Gasteiger partial charge in [0.05, 0.1) is 6.20 Å². The molecule has 18 heavy (non-hydrogen) atoms. The topological polar surface area (TPSA) is 26.0 Å². The summed E-state index contributed by atoms with van der Waals surface area (Å²) in [7, 11) is 0. The highest BCUT2D eigenvalue weighted by Crippen LogP contribution is 2.13. The lowest BCUT2D eigenvalue weighted by atomic mass is 10.0. The van der Waals surface area contributed by atoms with Crippen LogP contribution in [0.15, 0.2) is 34.9 Å². The van der Waals surface area contributed by atoms with Gasteiger partial charge < -0.3 is 4.42 Å². The number of rotatable bonds is 6. The summed E-state index contributed by atoms with van der Waals surface area (Å²) < 4.78 is 5.68. The molecule has 0 saturated carbocycles. The van der Waals surface area contributed by atoms with Crippen LogP contribution in [0.25, 0.3) is 0 Å². The molecule has 0 aliphatic rings. The number of alkyl halides is 1. The van der Waals surface area contributed by atoms with Crippen molar-refractivity contribution < 1.29 is 4.42 Å². The van der Waals surface area contributed by atoms with Crippen molar-refractivity contribution in [1.82, 2.24) is 4.98 Å². The predicted molar refractivity (Wildman–Crippen MR) is 74.1 cm³/mol. The van der Waals surface area contributed by atoms with Crippen molar-refractivity contribution in [2.24, 2.45) is 0 Å². The molecule has 0 spiro atoms. The summed E-state index contributed by atoms with van der Waals surface area (Å²) in [6, 6.07) is 8.45. The lowest BCUT2D eigenvalue weighted by Crippen LogP contribution is -1.92. The van der Waals surface area contributed by atoms with Gasteiger partial charge in [-0.15, -0.1) is 11.6 Å². The van der Waals surface area contributed by atoms with Crippen molar-refractivity contribution in [2.45, 2.75) is 32.6 Å². The molecule has 2 nitrogen and oxygen atoms in total. The first kappa shape index (κ1) is 13.2. The van der Waals surface area contributed by atoms with Crippen molar-refractivity contribution in [3.8, 4) is 0 Å². The highest BCUT2D eigenvalue weighted by atomic mass is 35.5. The number of aryl methyl sites for hydroxylation is 4. The van der Waals surface area contributed by atoms with Crippen LogP contribution in [0.2, 0.25) is 0 Å². The molecule has 0 saturated heterocycles. The number of hydrogen-bond donors (Lipinski definition) is 0. The maximum atomic E-state index is 5.68. The Morgan fingerprint density at radius 2 is 2.00 bits per heavy atom. The van der Waals surface area contributed by atoms with E-state index in [-0.39, 0.29) is 0 Å².